The molecule has 8 heteroatoms. The Kier molecular flexibility index (Phi) is 3.79. The number of nitrogens with zero attached hydrogens (tertiary/aromatic N) is 3. The molecule has 0 unspecified atom stereocenters. The van der Waals surface area contributed by atoms with E-state index >= 15 is 0 Å². The van der Waals surface area contributed by atoms with Crippen molar-refractivity contribution in [3.63, 3.8) is 0 Å². The van der Waals surface area contributed by atoms with Gasteiger partial charge in [0.15, 0.2) is 15.1 Å². The van der Waals surface area contributed by atoms with Crippen molar-refractivity contribution in [3.05, 3.63) is 16.7 Å². The summed E-state index contributed by atoms with van der Waals surface area (Å²) < 4.78 is 28.4. The van der Waals surface area contributed by atoms with Crippen LogP contribution in [0.5, 0.6) is 0 Å². The fourth-order valence-electron chi connectivity index (χ4n) is 2.77. The van der Waals surface area contributed by atoms with E-state index in [2.05, 4.69) is 4.98 Å². The molecule has 0 amide bonds. The minimum absolute atomic E-state index is 0.0510. The number of halogens is 1. The van der Waals surface area contributed by atoms with Crippen molar-refractivity contribution in [2.75, 3.05) is 13.6 Å². The van der Waals surface area contributed by atoms with E-state index in [4.69, 9.17) is 11.6 Å². The van der Waals surface area contributed by atoms with Crippen LogP contribution in [0.4, 0.5) is 0 Å². The van der Waals surface area contributed by atoms with Crippen LogP contribution in [0.3, 0.4) is 0 Å². The fourth-order valence-corrected chi connectivity index (χ4v) is 5.41. The predicted molar refractivity (Wildman–Crippen MR) is 79.9 cm³/mol. The smallest absolute Gasteiger partial charge is 0.262 e. The van der Waals surface area contributed by atoms with Gasteiger partial charge in [0.2, 0.25) is 0 Å². The van der Waals surface area contributed by atoms with Gasteiger partial charge < -0.3 is 0 Å². The Balaban J connectivity index is 1.94. The highest BCUT2D eigenvalue weighted by molar-refractivity contribution is 7.89. The highest BCUT2D eigenvalue weighted by atomic mass is 35.5. The molecule has 5 nitrogen and oxygen atoms in total. The molecule has 0 radical (unpaired) electrons. The summed E-state index contributed by atoms with van der Waals surface area (Å²) >= 11 is 7.39. The lowest BCUT2D eigenvalue weighted by Crippen LogP contribution is -2.32. The average Bonchev–Trinajstić information content (AvgIpc) is 3.05. The largest absolute Gasteiger partial charge is 0.279 e. The number of rotatable bonds is 4. The van der Waals surface area contributed by atoms with Gasteiger partial charge in [-0.1, -0.05) is 24.4 Å². The molecule has 0 aromatic carbocycles. The van der Waals surface area contributed by atoms with E-state index in [1.807, 2.05) is 0 Å². The summed E-state index contributed by atoms with van der Waals surface area (Å²) in [6, 6.07) is 0. The second-order valence-electron chi connectivity index (χ2n) is 5.20. The molecule has 0 spiro atoms. The topological polar surface area (TPSA) is 54.7 Å². The number of imidazole rings is 1. The molecular formula is C12H16ClN3O2S2. The zero-order valence-electron chi connectivity index (χ0n) is 11.1. The molecule has 2 aromatic heterocycles. The Labute approximate surface area is 127 Å². The maximum Gasteiger partial charge on any atom is 0.262 e. The van der Waals surface area contributed by atoms with Gasteiger partial charge in [-0.05, 0) is 18.8 Å². The highest BCUT2D eigenvalue weighted by Crippen LogP contribution is 2.30. The van der Waals surface area contributed by atoms with E-state index in [-0.39, 0.29) is 10.2 Å². The van der Waals surface area contributed by atoms with Crippen LogP contribution >= 0.6 is 22.9 Å². The van der Waals surface area contributed by atoms with Gasteiger partial charge in [-0.25, -0.2) is 13.4 Å². The van der Waals surface area contributed by atoms with Gasteiger partial charge in [-0.15, -0.1) is 11.3 Å². The fraction of sp³-hybridized carbons (Fsp3) is 0.583. The molecule has 2 aromatic rings. The third-order valence-corrected chi connectivity index (χ3v) is 6.80. The normalized spacial score (nSPS) is 17.6. The van der Waals surface area contributed by atoms with Crippen molar-refractivity contribution in [2.45, 2.75) is 30.7 Å². The molecule has 1 aliphatic carbocycles. The third kappa shape index (κ3) is 2.36. The molecular weight excluding hydrogens is 318 g/mol. The Bertz CT molecular complexity index is 716. The molecule has 0 aliphatic heterocycles. The first-order valence-corrected chi connectivity index (χ1v) is 9.27. The van der Waals surface area contributed by atoms with E-state index in [0.717, 1.165) is 12.8 Å². The van der Waals surface area contributed by atoms with Crippen LogP contribution in [0.25, 0.3) is 4.96 Å². The maximum absolute atomic E-state index is 12.7. The second-order valence-corrected chi connectivity index (χ2v) is 8.39. The maximum atomic E-state index is 12.7. The van der Waals surface area contributed by atoms with Gasteiger partial charge in [0, 0.05) is 25.2 Å². The van der Waals surface area contributed by atoms with E-state index < -0.39 is 10.0 Å². The highest BCUT2D eigenvalue weighted by Gasteiger charge is 2.31. The summed E-state index contributed by atoms with van der Waals surface area (Å²) in [6.45, 7) is 0.552. The summed E-state index contributed by atoms with van der Waals surface area (Å²) in [4.78, 5) is 4.69. The molecule has 1 fully saturated rings. The van der Waals surface area contributed by atoms with E-state index in [0.29, 0.717) is 17.4 Å². The lowest BCUT2D eigenvalue weighted by molar-refractivity contribution is 0.386. The van der Waals surface area contributed by atoms with Gasteiger partial charge in [0.1, 0.15) is 0 Å². The van der Waals surface area contributed by atoms with Crippen LogP contribution in [0, 0.1) is 5.92 Å². The van der Waals surface area contributed by atoms with Crippen LogP contribution in [0.15, 0.2) is 16.6 Å². The summed E-state index contributed by atoms with van der Waals surface area (Å²) in [7, 11) is -1.98. The summed E-state index contributed by atoms with van der Waals surface area (Å²) in [6.07, 6.45) is 6.29. The molecule has 0 atom stereocenters. The molecule has 0 saturated heterocycles. The third-order valence-electron chi connectivity index (χ3n) is 3.82. The van der Waals surface area contributed by atoms with Crippen molar-refractivity contribution in [3.8, 4) is 0 Å². The Hall–Kier alpha value is -0.630. The molecule has 3 rings (SSSR count). The number of hydrogen-bond acceptors (Lipinski definition) is 4. The molecule has 0 N–H and O–H groups in total. The Morgan fingerprint density at radius 1 is 1.50 bits per heavy atom. The van der Waals surface area contributed by atoms with Crippen LogP contribution in [-0.2, 0) is 10.0 Å². The summed E-state index contributed by atoms with van der Waals surface area (Å²) in [5, 5.41) is 1.93. The number of hydrogen-bond donors (Lipinski definition) is 0. The minimum Gasteiger partial charge on any atom is -0.279 e. The monoisotopic (exact) mass is 333 g/mol. The zero-order chi connectivity index (χ0) is 14.3. The molecule has 0 bridgehead atoms. The average molecular weight is 334 g/mol. The first kappa shape index (κ1) is 14.3. The SMILES string of the molecule is CN(CC1CCCC1)S(=O)(=O)c1c(Cl)nc2sccn12. The first-order chi connectivity index (χ1) is 9.50. The number of fused-ring (bicyclic) bond motifs is 1. The van der Waals surface area contributed by atoms with E-state index in [1.54, 1.807) is 23.0 Å². The number of sulfonamides is 1. The lowest BCUT2D eigenvalue weighted by Gasteiger charge is -2.20. The van der Waals surface area contributed by atoms with Crippen molar-refractivity contribution in [1.82, 2.24) is 13.7 Å². The summed E-state index contributed by atoms with van der Waals surface area (Å²) in [5.41, 5.74) is 0. The Morgan fingerprint density at radius 2 is 2.20 bits per heavy atom. The van der Waals surface area contributed by atoms with Gasteiger partial charge in [0.25, 0.3) is 10.0 Å². The van der Waals surface area contributed by atoms with Crippen molar-refractivity contribution < 1.29 is 8.42 Å². The lowest BCUT2D eigenvalue weighted by atomic mass is 10.1. The van der Waals surface area contributed by atoms with Gasteiger partial charge in [0.05, 0.1) is 0 Å². The van der Waals surface area contributed by atoms with E-state index in [1.165, 1.54) is 28.5 Å². The van der Waals surface area contributed by atoms with Crippen LogP contribution in [0.1, 0.15) is 25.7 Å². The summed E-state index contributed by atoms with van der Waals surface area (Å²) in [5.74, 6) is 0.458. The van der Waals surface area contributed by atoms with Crippen LogP contribution in [-0.4, -0.2) is 35.7 Å². The van der Waals surface area contributed by atoms with Gasteiger partial charge in [-0.2, -0.15) is 4.31 Å². The van der Waals surface area contributed by atoms with Gasteiger partial charge >= 0.3 is 0 Å². The van der Waals surface area contributed by atoms with Gasteiger partial charge in [-0.3, -0.25) is 4.40 Å². The second kappa shape index (κ2) is 5.29. The minimum atomic E-state index is -3.60. The van der Waals surface area contributed by atoms with Crippen LogP contribution in [0.2, 0.25) is 5.15 Å². The number of thiazole rings is 1. The van der Waals surface area contributed by atoms with Crippen molar-refractivity contribution in [2.24, 2.45) is 5.92 Å². The molecule has 1 aliphatic rings. The standard InChI is InChI=1S/C12H16ClN3O2S2/c1-15(8-9-4-2-3-5-9)20(17,18)11-10(13)14-12-16(11)6-7-19-12/h6-7,9H,2-5,8H2,1H3. The molecule has 110 valence electrons. The zero-order valence-corrected chi connectivity index (χ0v) is 13.5. The number of aromatic nitrogens is 2. The Morgan fingerprint density at radius 3 is 2.90 bits per heavy atom. The molecule has 2 heterocycles. The first-order valence-electron chi connectivity index (χ1n) is 6.57. The molecule has 20 heavy (non-hydrogen) atoms. The van der Waals surface area contributed by atoms with Crippen molar-refractivity contribution >= 4 is 37.9 Å². The predicted octanol–water partition coefficient (Wildman–Crippen LogP) is 2.86. The molecule has 1 saturated carbocycles. The van der Waals surface area contributed by atoms with E-state index in [9.17, 15) is 8.42 Å². The van der Waals surface area contributed by atoms with Crippen LogP contribution < -0.4 is 0 Å². The van der Waals surface area contributed by atoms with Crippen molar-refractivity contribution in [1.29, 1.82) is 0 Å². The quantitative estimate of drug-likeness (QED) is 0.864.